The molecule has 0 fully saturated rings. The summed E-state index contributed by atoms with van der Waals surface area (Å²) in [5, 5.41) is 0. The first-order valence-corrected chi connectivity index (χ1v) is 8.25. The largest absolute Gasteiger partial charge is 0.454 e. The minimum absolute atomic E-state index is 0.00421. The van der Waals surface area contributed by atoms with E-state index in [1.807, 2.05) is 0 Å². The second kappa shape index (κ2) is 5.69. The molecule has 0 unspecified atom stereocenters. The number of benzene rings is 2. The number of hydrogen-bond acceptors (Lipinski definition) is 4. The molecule has 1 aliphatic rings. The maximum atomic E-state index is 13.9. The Morgan fingerprint density at radius 2 is 1.74 bits per heavy atom. The molecular formula is C15H13F2NO4S. The summed E-state index contributed by atoms with van der Waals surface area (Å²) in [7, 11) is -4.40. The van der Waals surface area contributed by atoms with Crippen LogP contribution in [0.15, 0.2) is 41.3 Å². The third-order valence-corrected chi connectivity index (χ3v) is 5.35. The van der Waals surface area contributed by atoms with Gasteiger partial charge in [0.05, 0.1) is 5.69 Å². The molecule has 23 heavy (non-hydrogen) atoms. The fourth-order valence-electron chi connectivity index (χ4n) is 2.37. The van der Waals surface area contributed by atoms with Gasteiger partial charge >= 0.3 is 0 Å². The van der Waals surface area contributed by atoms with Crippen molar-refractivity contribution in [1.29, 1.82) is 0 Å². The molecule has 0 spiro atoms. The van der Waals surface area contributed by atoms with Gasteiger partial charge in [-0.1, -0.05) is 6.07 Å². The van der Waals surface area contributed by atoms with Crippen LogP contribution in [-0.4, -0.2) is 21.8 Å². The zero-order chi connectivity index (χ0) is 16.6. The number of anilines is 1. The molecule has 122 valence electrons. The van der Waals surface area contributed by atoms with Gasteiger partial charge in [-0.3, -0.25) is 4.31 Å². The average molecular weight is 341 g/mol. The van der Waals surface area contributed by atoms with Gasteiger partial charge in [-0.15, -0.1) is 0 Å². The fourth-order valence-corrected chi connectivity index (χ4v) is 3.95. The van der Waals surface area contributed by atoms with Crippen LogP contribution in [0.25, 0.3) is 0 Å². The van der Waals surface area contributed by atoms with Crippen LogP contribution in [0, 0.1) is 11.6 Å². The number of sulfonamides is 1. The summed E-state index contributed by atoms with van der Waals surface area (Å²) >= 11 is 0. The lowest BCUT2D eigenvalue weighted by Crippen LogP contribution is -2.32. The number of fused-ring (bicyclic) bond motifs is 1. The van der Waals surface area contributed by atoms with Gasteiger partial charge in [0, 0.05) is 12.6 Å². The molecule has 5 nitrogen and oxygen atoms in total. The minimum atomic E-state index is -4.40. The number of halogens is 2. The fraction of sp³-hybridized carbons (Fsp3) is 0.200. The molecule has 0 N–H and O–H groups in total. The number of ether oxygens (including phenoxy) is 2. The van der Waals surface area contributed by atoms with Crippen molar-refractivity contribution in [3.05, 3.63) is 48.0 Å². The maximum Gasteiger partial charge on any atom is 0.270 e. The normalized spacial score (nSPS) is 13.2. The second-order valence-corrected chi connectivity index (χ2v) is 6.56. The Morgan fingerprint density at radius 1 is 1.09 bits per heavy atom. The summed E-state index contributed by atoms with van der Waals surface area (Å²) in [6.45, 7) is 1.61. The van der Waals surface area contributed by atoms with Gasteiger partial charge in [-0.2, -0.15) is 0 Å². The summed E-state index contributed by atoms with van der Waals surface area (Å²) in [6, 6.07) is 7.43. The Bertz CT molecular complexity index is 834. The quantitative estimate of drug-likeness (QED) is 0.858. The van der Waals surface area contributed by atoms with Gasteiger partial charge in [0.15, 0.2) is 16.4 Å². The van der Waals surface area contributed by atoms with Crippen molar-refractivity contribution in [2.75, 3.05) is 17.6 Å². The van der Waals surface area contributed by atoms with Crippen LogP contribution in [0.5, 0.6) is 11.5 Å². The standard InChI is InChI=1S/C15H13F2NO4S/c1-2-18(10-6-7-13-14(8-10)22-9-21-13)23(19,20)15-11(16)4-3-5-12(15)17/h3-8H,2,9H2,1H3. The number of rotatable bonds is 4. The third kappa shape index (κ3) is 2.59. The lowest BCUT2D eigenvalue weighted by Gasteiger charge is -2.23. The van der Waals surface area contributed by atoms with E-state index in [4.69, 9.17) is 9.47 Å². The maximum absolute atomic E-state index is 13.9. The molecule has 0 saturated heterocycles. The highest BCUT2D eigenvalue weighted by molar-refractivity contribution is 7.92. The molecule has 0 aliphatic carbocycles. The third-order valence-electron chi connectivity index (χ3n) is 3.40. The van der Waals surface area contributed by atoms with Crippen LogP contribution in [0.1, 0.15) is 6.92 Å². The molecule has 2 aromatic carbocycles. The second-order valence-electron chi connectivity index (χ2n) is 4.76. The molecule has 1 aliphatic heterocycles. The van der Waals surface area contributed by atoms with Crippen LogP contribution in [0.3, 0.4) is 0 Å². The van der Waals surface area contributed by atoms with Crippen LogP contribution in [0.4, 0.5) is 14.5 Å². The summed E-state index contributed by atoms with van der Waals surface area (Å²) in [6.07, 6.45) is 0. The van der Waals surface area contributed by atoms with E-state index in [1.165, 1.54) is 12.1 Å². The van der Waals surface area contributed by atoms with Crippen LogP contribution in [-0.2, 0) is 10.0 Å². The Morgan fingerprint density at radius 3 is 2.39 bits per heavy atom. The zero-order valence-electron chi connectivity index (χ0n) is 12.1. The van der Waals surface area contributed by atoms with Crippen molar-refractivity contribution >= 4 is 15.7 Å². The average Bonchev–Trinajstić information content (AvgIpc) is 2.94. The minimum Gasteiger partial charge on any atom is -0.454 e. The van der Waals surface area contributed by atoms with E-state index >= 15 is 0 Å². The monoisotopic (exact) mass is 341 g/mol. The Balaban J connectivity index is 2.10. The van der Waals surface area contributed by atoms with Crippen molar-refractivity contribution in [3.8, 4) is 11.5 Å². The van der Waals surface area contributed by atoms with E-state index in [9.17, 15) is 17.2 Å². The molecule has 0 radical (unpaired) electrons. The van der Waals surface area contributed by atoms with E-state index in [0.29, 0.717) is 11.5 Å². The van der Waals surface area contributed by atoms with Crippen LogP contribution >= 0.6 is 0 Å². The number of nitrogens with zero attached hydrogens (tertiary/aromatic N) is 1. The van der Waals surface area contributed by atoms with Gasteiger partial charge in [0.2, 0.25) is 6.79 Å². The van der Waals surface area contributed by atoms with E-state index in [0.717, 1.165) is 22.5 Å². The molecule has 0 amide bonds. The van der Waals surface area contributed by atoms with E-state index in [2.05, 4.69) is 0 Å². The molecule has 0 bridgehead atoms. The highest BCUT2D eigenvalue weighted by Crippen LogP contribution is 2.37. The zero-order valence-corrected chi connectivity index (χ0v) is 12.9. The highest BCUT2D eigenvalue weighted by Gasteiger charge is 2.31. The van der Waals surface area contributed by atoms with Gasteiger partial charge < -0.3 is 9.47 Å². The molecule has 0 atom stereocenters. The highest BCUT2D eigenvalue weighted by atomic mass is 32.2. The Kier molecular flexibility index (Phi) is 3.85. The lowest BCUT2D eigenvalue weighted by molar-refractivity contribution is 0.174. The number of hydrogen-bond donors (Lipinski definition) is 0. The molecule has 0 aromatic heterocycles. The van der Waals surface area contributed by atoms with E-state index < -0.39 is 26.6 Å². The first-order chi connectivity index (χ1) is 10.9. The van der Waals surface area contributed by atoms with Crippen molar-refractivity contribution in [2.24, 2.45) is 0 Å². The molecule has 0 saturated carbocycles. The van der Waals surface area contributed by atoms with Gasteiger partial charge in [0.1, 0.15) is 11.6 Å². The van der Waals surface area contributed by atoms with Crippen LogP contribution in [0.2, 0.25) is 0 Å². The van der Waals surface area contributed by atoms with E-state index in [-0.39, 0.29) is 19.0 Å². The van der Waals surface area contributed by atoms with Crippen molar-refractivity contribution in [2.45, 2.75) is 11.8 Å². The van der Waals surface area contributed by atoms with E-state index in [1.54, 1.807) is 13.0 Å². The molecule has 3 rings (SSSR count). The van der Waals surface area contributed by atoms with Gasteiger partial charge in [-0.25, -0.2) is 17.2 Å². The molecule has 8 heteroatoms. The summed E-state index contributed by atoms with van der Waals surface area (Å²) in [4.78, 5) is -0.973. The van der Waals surface area contributed by atoms with Crippen LogP contribution < -0.4 is 13.8 Å². The van der Waals surface area contributed by atoms with Crippen molar-refractivity contribution in [3.63, 3.8) is 0 Å². The molecule has 2 aromatic rings. The summed E-state index contributed by atoms with van der Waals surface area (Å²) < 4.78 is 64.4. The van der Waals surface area contributed by atoms with Gasteiger partial charge in [0.25, 0.3) is 10.0 Å². The molecular weight excluding hydrogens is 328 g/mol. The molecule has 1 heterocycles. The van der Waals surface area contributed by atoms with Crippen molar-refractivity contribution < 1.29 is 26.7 Å². The lowest BCUT2D eigenvalue weighted by atomic mass is 10.3. The topological polar surface area (TPSA) is 55.8 Å². The van der Waals surface area contributed by atoms with Gasteiger partial charge in [-0.05, 0) is 31.2 Å². The first kappa shape index (κ1) is 15.5. The summed E-state index contributed by atoms with van der Waals surface area (Å²) in [5.41, 5.74) is 0.236. The SMILES string of the molecule is CCN(c1ccc2c(c1)OCO2)S(=O)(=O)c1c(F)cccc1F. The first-order valence-electron chi connectivity index (χ1n) is 6.81. The Labute approximate surface area is 132 Å². The summed E-state index contributed by atoms with van der Waals surface area (Å²) in [5.74, 6) is -1.40. The predicted octanol–water partition coefficient (Wildman–Crippen LogP) is 2.91. The van der Waals surface area contributed by atoms with Crippen molar-refractivity contribution in [1.82, 2.24) is 0 Å². The predicted molar refractivity (Wildman–Crippen MR) is 79.1 cm³/mol. The Hall–Kier alpha value is -2.35. The smallest absolute Gasteiger partial charge is 0.270 e.